The van der Waals surface area contributed by atoms with Crippen LogP contribution in [-0.4, -0.2) is 27.9 Å². The first-order valence-corrected chi connectivity index (χ1v) is 8.58. The van der Waals surface area contributed by atoms with Crippen LogP contribution < -0.4 is 4.90 Å². The zero-order valence-electron chi connectivity index (χ0n) is 11.7. The van der Waals surface area contributed by atoms with Gasteiger partial charge in [-0.15, -0.1) is 0 Å². The van der Waals surface area contributed by atoms with Crippen LogP contribution in [0.4, 0.5) is 5.13 Å². The highest BCUT2D eigenvalue weighted by atomic mass is 79.9. The highest BCUT2D eigenvalue weighted by Gasteiger charge is 2.29. The van der Waals surface area contributed by atoms with E-state index in [1.807, 2.05) is 16.9 Å². The van der Waals surface area contributed by atoms with Gasteiger partial charge in [0.05, 0.1) is 16.4 Å². The van der Waals surface area contributed by atoms with Crippen molar-refractivity contribution in [3.05, 3.63) is 40.6 Å². The van der Waals surface area contributed by atoms with Gasteiger partial charge in [0.2, 0.25) is 0 Å². The number of rotatable bonds is 3. The fourth-order valence-electron chi connectivity index (χ4n) is 2.69. The summed E-state index contributed by atoms with van der Waals surface area (Å²) in [5, 5.41) is 5.49. The number of hydrogen-bond donors (Lipinski definition) is 0. The fourth-order valence-corrected chi connectivity index (χ4v) is 4.23. The molecule has 0 bridgehead atoms. The number of thiazole rings is 1. The minimum atomic E-state index is 0.669. The summed E-state index contributed by atoms with van der Waals surface area (Å²) in [5.74, 6) is 0.669. The van der Waals surface area contributed by atoms with Crippen molar-refractivity contribution in [3.63, 3.8) is 0 Å². The molecule has 0 radical (unpaired) electrons. The van der Waals surface area contributed by atoms with Gasteiger partial charge in [-0.25, -0.2) is 4.98 Å². The SMILES string of the molecule is Cc1cnn(CC2CN(c3nc4ccc(Br)cc4s3)C2)c1. The molecule has 4 rings (SSSR count). The van der Waals surface area contributed by atoms with Crippen molar-refractivity contribution < 1.29 is 0 Å². The van der Waals surface area contributed by atoms with E-state index < -0.39 is 0 Å². The fraction of sp³-hybridized carbons (Fsp3) is 0.333. The third-order valence-corrected chi connectivity index (χ3v) is 5.35. The Bertz CT molecular complexity index is 788. The Hall–Kier alpha value is -1.40. The zero-order chi connectivity index (χ0) is 14.4. The molecule has 6 heteroatoms. The van der Waals surface area contributed by atoms with Gasteiger partial charge in [-0.2, -0.15) is 5.10 Å². The molecule has 21 heavy (non-hydrogen) atoms. The second-order valence-electron chi connectivity index (χ2n) is 5.62. The second-order valence-corrected chi connectivity index (χ2v) is 7.54. The lowest BCUT2D eigenvalue weighted by Crippen LogP contribution is -2.48. The molecule has 108 valence electrons. The van der Waals surface area contributed by atoms with Gasteiger partial charge in [-0.1, -0.05) is 27.3 Å². The van der Waals surface area contributed by atoms with Crippen molar-refractivity contribution in [1.82, 2.24) is 14.8 Å². The summed E-state index contributed by atoms with van der Waals surface area (Å²) in [6.07, 6.45) is 4.03. The van der Waals surface area contributed by atoms with E-state index in [1.165, 1.54) is 10.3 Å². The lowest BCUT2D eigenvalue weighted by Gasteiger charge is -2.39. The number of halogens is 1. The second kappa shape index (κ2) is 5.10. The Balaban J connectivity index is 1.44. The molecule has 0 N–H and O–H groups in total. The van der Waals surface area contributed by atoms with Crippen LogP contribution in [0.1, 0.15) is 5.56 Å². The molecule has 1 saturated heterocycles. The van der Waals surface area contributed by atoms with Crippen molar-refractivity contribution in [1.29, 1.82) is 0 Å². The third-order valence-electron chi connectivity index (χ3n) is 3.77. The lowest BCUT2D eigenvalue weighted by atomic mass is 10.0. The number of anilines is 1. The normalized spacial score (nSPS) is 15.6. The van der Waals surface area contributed by atoms with Gasteiger partial charge < -0.3 is 4.90 Å². The number of aryl methyl sites for hydroxylation is 1. The van der Waals surface area contributed by atoms with Crippen LogP contribution in [0.5, 0.6) is 0 Å². The molecule has 1 aliphatic rings. The van der Waals surface area contributed by atoms with E-state index in [0.717, 1.165) is 34.8 Å². The largest absolute Gasteiger partial charge is 0.347 e. The van der Waals surface area contributed by atoms with Crippen molar-refractivity contribution in [2.75, 3.05) is 18.0 Å². The zero-order valence-corrected chi connectivity index (χ0v) is 14.1. The maximum absolute atomic E-state index is 4.72. The third kappa shape index (κ3) is 2.58. The molecular weight excluding hydrogens is 348 g/mol. The summed E-state index contributed by atoms with van der Waals surface area (Å²) in [4.78, 5) is 7.08. The molecule has 3 heterocycles. The van der Waals surface area contributed by atoms with Gasteiger partial charge >= 0.3 is 0 Å². The number of benzene rings is 1. The highest BCUT2D eigenvalue weighted by Crippen LogP contribution is 2.34. The number of nitrogens with zero attached hydrogens (tertiary/aromatic N) is 4. The molecule has 2 aromatic heterocycles. The average Bonchev–Trinajstić information content (AvgIpc) is 2.98. The van der Waals surface area contributed by atoms with Gasteiger partial charge in [-0.3, -0.25) is 4.68 Å². The highest BCUT2D eigenvalue weighted by molar-refractivity contribution is 9.10. The van der Waals surface area contributed by atoms with E-state index in [2.05, 4.69) is 51.2 Å². The predicted molar refractivity (Wildman–Crippen MR) is 90.0 cm³/mol. The van der Waals surface area contributed by atoms with Crippen LogP contribution in [-0.2, 0) is 6.54 Å². The van der Waals surface area contributed by atoms with Crippen molar-refractivity contribution in [2.24, 2.45) is 5.92 Å². The van der Waals surface area contributed by atoms with Crippen LogP contribution >= 0.6 is 27.3 Å². The summed E-state index contributed by atoms with van der Waals surface area (Å²) >= 11 is 5.28. The number of hydrogen-bond acceptors (Lipinski definition) is 4. The van der Waals surface area contributed by atoms with E-state index >= 15 is 0 Å². The van der Waals surface area contributed by atoms with Gasteiger partial charge in [0.25, 0.3) is 0 Å². The molecule has 4 nitrogen and oxygen atoms in total. The van der Waals surface area contributed by atoms with Crippen LogP contribution in [0.25, 0.3) is 10.2 Å². The Morgan fingerprint density at radius 1 is 1.38 bits per heavy atom. The molecule has 1 aliphatic heterocycles. The summed E-state index contributed by atoms with van der Waals surface area (Å²) < 4.78 is 4.40. The van der Waals surface area contributed by atoms with Crippen LogP contribution in [0.2, 0.25) is 0 Å². The molecule has 0 atom stereocenters. The average molecular weight is 363 g/mol. The molecule has 0 aliphatic carbocycles. The van der Waals surface area contributed by atoms with E-state index in [-0.39, 0.29) is 0 Å². The Labute approximate surface area is 135 Å². The minimum absolute atomic E-state index is 0.669. The summed E-state index contributed by atoms with van der Waals surface area (Å²) in [5.41, 5.74) is 2.31. The van der Waals surface area contributed by atoms with Crippen molar-refractivity contribution in [3.8, 4) is 0 Å². The van der Waals surface area contributed by atoms with Gasteiger partial charge in [0.15, 0.2) is 5.13 Å². The predicted octanol–water partition coefficient (Wildman–Crippen LogP) is 3.70. The molecule has 0 amide bonds. The van der Waals surface area contributed by atoms with Gasteiger partial charge in [0.1, 0.15) is 0 Å². The smallest absolute Gasteiger partial charge is 0.186 e. The van der Waals surface area contributed by atoms with E-state index in [1.54, 1.807) is 11.3 Å². The first-order chi connectivity index (χ1) is 10.2. The monoisotopic (exact) mass is 362 g/mol. The minimum Gasteiger partial charge on any atom is -0.347 e. The summed E-state index contributed by atoms with van der Waals surface area (Å²) in [7, 11) is 0. The molecule has 0 spiro atoms. The molecule has 0 saturated carbocycles. The van der Waals surface area contributed by atoms with Gasteiger partial charge in [0, 0.05) is 36.2 Å². The maximum Gasteiger partial charge on any atom is 0.186 e. The Morgan fingerprint density at radius 2 is 2.24 bits per heavy atom. The summed E-state index contributed by atoms with van der Waals surface area (Å²) in [6, 6.07) is 6.26. The molecule has 1 fully saturated rings. The van der Waals surface area contributed by atoms with E-state index in [0.29, 0.717) is 5.92 Å². The molecular formula is C15H15BrN4S. The molecule has 1 aromatic carbocycles. The number of aromatic nitrogens is 3. The maximum atomic E-state index is 4.72. The first-order valence-electron chi connectivity index (χ1n) is 6.97. The van der Waals surface area contributed by atoms with Crippen LogP contribution in [0.3, 0.4) is 0 Å². The van der Waals surface area contributed by atoms with E-state index in [9.17, 15) is 0 Å². The van der Waals surface area contributed by atoms with Crippen LogP contribution in [0, 0.1) is 12.8 Å². The number of fused-ring (bicyclic) bond motifs is 1. The molecule has 0 unspecified atom stereocenters. The standard InChI is InChI=1S/C15H15BrN4S/c1-10-5-17-20(6-10)9-11-7-19(8-11)15-18-13-3-2-12(16)4-14(13)21-15/h2-6,11H,7-9H2,1H3. The van der Waals surface area contributed by atoms with Crippen molar-refractivity contribution in [2.45, 2.75) is 13.5 Å². The van der Waals surface area contributed by atoms with E-state index in [4.69, 9.17) is 4.98 Å². The van der Waals surface area contributed by atoms with Crippen molar-refractivity contribution >= 4 is 42.6 Å². The lowest BCUT2D eigenvalue weighted by molar-refractivity contribution is 0.342. The molecule has 3 aromatic rings. The Kier molecular flexibility index (Phi) is 3.23. The summed E-state index contributed by atoms with van der Waals surface area (Å²) in [6.45, 7) is 5.22. The van der Waals surface area contributed by atoms with Gasteiger partial charge in [-0.05, 0) is 30.7 Å². The van der Waals surface area contributed by atoms with Crippen LogP contribution in [0.15, 0.2) is 35.1 Å². The first kappa shape index (κ1) is 13.3. The quantitative estimate of drug-likeness (QED) is 0.712. The Morgan fingerprint density at radius 3 is 3.00 bits per heavy atom. The topological polar surface area (TPSA) is 34.0 Å².